The first-order chi connectivity index (χ1) is 13.4. The molecule has 0 bridgehead atoms. The van der Waals surface area contributed by atoms with Crippen molar-refractivity contribution in [2.45, 2.75) is 12.8 Å². The molecule has 0 aliphatic heterocycles. The van der Waals surface area contributed by atoms with E-state index in [0.717, 1.165) is 0 Å². The van der Waals surface area contributed by atoms with Crippen LogP contribution in [0.15, 0.2) is 41.5 Å². The fourth-order valence-corrected chi connectivity index (χ4v) is 2.25. The largest absolute Gasteiger partial charge is 0.504 e. The van der Waals surface area contributed by atoms with E-state index in [1.807, 2.05) is 0 Å². The maximum Gasteiger partial charge on any atom is 0.255 e. The summed E-state index contributed by atoms with van der Waals surface area (Å²) in [5.74, 6) is -0.592. The van der Waals surface area contributed by atoms with E-state index in [1.165, 1.54) is 25.5 Å². The van der Waals surface area contributed by atoms with Gasteiger partial charge >= 0.3 is 0 Å². The Labute approximate surface area is 161 Å². The third-order valence-electron chi connectivity index (χ3n) is 3.64. The fraction of sp³-hybridized carbons (Fsp3) is 0.211. The number of benzene rings is 2. The molecule has 2 aromatic rings. The topological polar surface area (TPSA) is 143 Å². The lowest BCUT2D eigenvalue weighted by molar-refractivity contribution is -0.121. The number of carbonyl (C=O) groups excluding carboxylic acids is 2. The van der Waals surface area contributed by atoms with Gasteiger partial charge in [-0.2, -0.15) is 5.10 Å². The molecule has 28 heavy (non-hydrogen) atoms. The van der Waals surface area contributed by atoms with Crippen molar-refractivity contribution >= 4 is 18.0 Å². The van der Waals surface area contributed by atoms with E-state index in [1.54, 1.807) is 24.3 Å². The van der Waals surface area contributed by atoms with E-state index in [9.17, 15) is 19.8 Å². The molecule has 0 aliphatic carbocycles. The number of phenols is 2. The second kappa shape index (κ2) is 9.81. The summed E-state index contributed by atoms with van der Waals surface area (Å²) in [5.41, 5.74) is 8.81. The molecule has 0 saturated carbocycles. The number of methoxy groups -OCH3 is 1. The minimum Gasteiger partial charge on any atom is -0.504 e. The minimum absolute atomic E-state index is 0.158. The average molecular weight is 387 g/mol. The molecular formula is C19H21N3O6. The van der Waals surface area contributed by atoms with E-state index < -0.39 is 5.91 Å². The highest BCUT2D eigenvalue weighted by molar-refractivity contribution is 5.83. The zero-order valence-corrected chi connectivity index (χ0v) is 15.2. The highest BCUT2D eigenvalue weighted by Gasteiger charge is 2.07. The molecule has 2 rings (SSSR count). The molecule has 148 valence electrons. The second-order valence-corrected chi connectivity index (χ2v) is 5.78. The number of phenolic OH excluding ortho intramolecular Hbond substituents is 2. The lowest BCUT2D eigenvalue weighted by Gasteiger charge is -2.09. The number of aromatic hydroxyl groups is 2. The SMILES string of the molecule is COc1cc(/C=N\NC(=O)CCc2ccc(O)c(O)c2)ccc1OCC(N)=O. The number of carbonyl (C=O) groups is 2. The third kappa shape index (κ3) is 6.20. The number of ether oxygens (including phenoxy) is 2. The van der Waals surface area contributed by atoms with Crippen molar-refractivity contribution in [1.29, 1.82) is 0 Å². The summed E-state index contributed by atoms with van der Waals surface area (Å²) >= 11 is 0. The molecule has 9 nitrogen and oxygen atoms in total. The first kappa shape index (κ1) is 20.6. The van der Waals surface area contributed by atoms with Crippen molar-refractivity contribution in [1.82, 2.24) is 5.43 Å². The summed E-state index contributed by atoms with van der Waals surface area (Å²) in [4.78, 5) is 22.7. The lowest BCUT2D eigenvalue weighted by Crippen LogP contribution is -2.20. The summed E-state index contributed by atoms with van der Waals surface area (Å²) in [6.45, 7) is -0.265. The molecule has 0 heterocycles. The highest BCUT2D eigenvalue weighted by atomic mass is 16.5. The number of amides is 2. The van der Waals surface area contributed by atoms with Gasteiger partial charge in [0.05, 0.1) is 13.3 Å². The Morgan fingerprint density at radius 3 is 2.61 bits per heavy atom. The van der Waals surface area contributed by atoms with Crippen LogP contribution in [0, 0.1) is 0 Å². The summed E-state index contributed by atoms with van der Waals surface area (Å²) in [5, 5.41) is 22.6. The van der Waals surface area contributed by atoms with Crippen LogP contribution in [0.5, 0.6) is 23.0 Å². The zero-order valence-electron chi connectivity index (χ0n) is 15.2. The van der Waals surface area contributed by atoms with Crippen molar-refractivity contribution in [2.75, 3.05) is 13.7 Å². The van der Waals surface area contributed by atoms with Crippen LogP contribution < -0.4 is 20.6 Å². The highest BCUT2D eigenvalue weighted by Crippen LogP contribution is 2.27. The van der Waals surface area contributed by atoms with Crippen molar-refractivity contribution in [2.24, 2.45) is 10.8 Å². The van der Waals surface area contributed by atoms with Gasteiger partial charge in [0.1, 0.15) is 0 Å². The van der Waals surface area contributed by atoms with E-state index in [2.05, 4.69) is 10.5 Å². The average Bonchev–Trinajstić information content (AvgIpc) is 2.67. The third-order valence-corrected chi connectivity index (χ3v) is 3.64. The molecule has 0 aliphatic rings. The first-order valence-electron chi connectivity index (χ1n) is 8.31. The number of aryl methyl sites for hydroxylation is 1. The van der Waals surface area contributed by atoms with Gasteiger partial charge in [-0.05, 0) is 47.9 Å². The Balaban J connectivity index is 1.87. The van der Waals surface area contributed by atoms with Crippen LogP contribution in [0.4, 0.5) is 0 Å². The zero-order chi connectivity index (χ0) is 20.5. The van der Waals surface area contributed by atoms with Crippen LogP contribution in [0.25, 0.3) is 0 Å². The van der Waals surface area contributed by atoms with Gasteiger partial charge in [0.2, 0.25) is 5.91 Å². The van der Waals surface area contributed by atoms with E-state index in [0.29, 0.717) is 29.0 Å². The number of rotatable bonds is 9. The fourth-order valence-electron chi connectivity index (χ4n) is 2.25. The monoisotopic (exact) mass is 387 g/mol. The van der Waals surface area contributed by atoms with Crippen LogP contribution in [0.3, 0.4) is 0 Å². The molecule has 0 fully saturated rings. The molecule has 0 radical (unpaired) electrons. The molecule has 0 aromatic heterocycles. The molecular weight excluding hydrogens is 366 g/mol. The number of hydrogen-bond acceptors (Lipinski definition) is 7. The first-order valence-corrected chi connectivity index (χ1v) is 8.31. The molecule has 2 aromatic carbocycles. The quantitative estimate of drug-likeness (QED) is 0.288. The number of hydrogen-bond donors (Lipinski definition) is 4. The standard InChI is InChI=1S/C19H21N3O6/c1-27-17-9-13(3-6-16(17)28-11-18(20)25)10-21-22-19(26)7-4-12-2-5-14(23)15(24)8-12/h2-3,5-6,8-10,23-24H,4,7,11H2,1H3,(H2,20,25)(H,22,26)/b21-10-. The maximum absolute atomic E-state index is 11.9. The molecule has 9 heteroatoms. The number of hydrazone groups is 1. The summed E-state index contributed by atoms with van der Waals surface area (Å²) in [7, 11) is 1.45. The summed E-state index contributed by atoms with van der Waals surface area (Å²) in [6, 6.07) is 9.30. The van der Waals surface area contributed by atoms with Crippen molar-refractivity contribution in [3.8, 4) is 23.0 Å². The lowest BCUT2D eigenvalue weighted by atomic mass is 10.1. The van der Waals surface area contributed by atoms with Gasteiger partial charge in [-0.25, -0.2) is 5.43 Å². The predicted octanol–water partition coefficient (Wildman–Crippen LogP) is 1.05. The Kier molecular flexibility index (Phi) is 7.21. The molecule has 0 saturated heterocycles. The molecule has 5 N–H and O–H groups in total. The number of nitrogens with one attached hydrogen (secondary N) is 1. The van der Waals surface area contributed by atoms with Gasteiger partial charge < -0.3 is 25.4 Å². The van der Waals surface area contributed by atoms with Crippen LogP contribution >= 0.6 is 0 Å². The van der Waals surface area contributed by atoms with Crippen molar-refractivity contribution < 1.29 is 29.3 Å². The Bertz CT molecular complexity index is 882. The molecule has 0 unspecified atom stereocenters. The Morgan fingerprint density at radius 2 is 1.93 bits per heavy atom. The smallest absolute Gasteiger partial charge is 0.255 e. The van der Waals surface area contributed by atoms with Gasteiger partial charge in [0.25, 0.3) is 5.91 Å². The van der Waals surface area contributed by atoms with Gasteiger partial charge in [-0.1, -0.05) is 6.07 Å². The maximum atomic E-state index is 11.9. The van der Waals surface area contributed by atoms with Crippen LogP contribution in [-0.2, 0) is 16.0 Å². The number of primary amides is 1. The molecule has 2 amide bonds. The summed E-state index contributed by atoms with van der Waals surface area (Å²) < 4.78 is 10.4. The number of nitrogens with two attached hydrogens (primary N) is 1. The Morgan fingerprint density at radius 1 is 1.14 bits per heavy atom. The van der Waals surface area contributed by atoms with E-state index >= 15 is 0 Å². The van der Waals surface area contributed by atoms with E-state index in [-0.39, 0.29) is 30.4 Å². The van der Waals surface area contributed by atoms with Crippen molar-refractivity contribution in [3.63, 3.8) is 0 Å². The van der Waals surface area contributed by atoms with Crippen molar-refractivity contribution in [3.05, 3.63) is 47.5 Å². The molecule has 0 spiro atoms. The van der Waals surface area contributed by atoms with Gasteiger partial charge in [0, 0.05) is 6.42 Å². The van der Waals surface area contributed by atoms with E-state index in [4.69, 9.17) is 15.2 Å². The Hall–Kier alpha value is -3.75. The summed E-state index contributed by atoms with van der Waals surface area (Å²) in [6.07, 6.45) is 1.98. The van der Waals surface area contributed by atoms with Crippen LogP contribution in [0.2, 0.25) is 0 Å². The van der Waals surface area contributed by atoms with Gasteiger partial charge in [-0.3, -0.25) is 9.59 Å². The predicted molar refractivity (Wildman–Crippen MR) is 102 cm³/mol. The van der Waals surface area contributed by atoms with Gasteiger partial charge in [-0.15, -0.1) is 0 Å². The molecule has 0 atom stereocenters. The van der Waals surface area contributed by atoms with Gasteiger partial charge in [0.15, 0.2) is 29.6 Å². The minimum atomic E-state index is -0.599. The van der Waals surface area contributed by atoms with Crippen LogP contribution in [-0.4, -0.2) is 42.0 Å². The van der Waals surface area contributed by atoms with Crippen LogP contribution in [0.1, 0.15) is 17.5 Å². The normalized spacial score (nSPS) is 10.6. The second-order valence-electron chi connectivity index (χ2n) is 5.78. The number of nitrogens with zero attached hydrogens (tertiary/aromatic N) is 1.